The van der Waals surface area contributed by atoms with E-state index >= 15 is 0 Å². The number of hydrogen-bond acceptors (Lipinski definition) is 3. The van der Waals surface area contributed by atoms with Crippen LogP contribution in [0.5, 0.6) is 0 Å². The highest BCUT2D eigenvalue weighted by atomic mass is 32.2. The van der Waals surface area contributed by atoms with Crippen LogP contribution in [0.25, 0.3) is 0 Å². The number of hydrogen-bond donors (Lipinski definition) is 1. The molecule has 0 saturated carbocycles. The van der Waals surface area contributed by atoms with Crippen LogP contribution in [0.1, 0.15) is 12.5 Å². The molecule has 1 aliphatic rings. The molecule has 0 spiro atoms. The van der Waals surface area contributed by atoms with Crippen molar-refractivity contribution in [3.05, 3.63) is 29.6 Å². The molecule has 4 nitrogen and oxygen atoms in total. The molecule has 1 aromatic rings. The lowest BCUT2D eigenvalue weighted by Gasteiger charge is -2.31. The minimum atomic E-state index is -3.59. The van der Waals surface area contributed by atoms with Crippen molar-refractivity contribution in [2.75, 3.05) is 19.6 Å². The summed E-state index contributed by atoms with van der Waals surface area (Å²) in [6, 6.07) is 3.97. The Hall–Kier alpha value is -0.980. The van der Waals surface area contributed by atoms with Crippen LogP contribution in [-0.2, 0) is 10.0 Å². The molecule has 0 bridgehead atoms. The third-order valence-electron chi connectivity index (χ3n) is 3.10. The van der Waals surface area contributed by atoms with Gasteiger partial charge in [-0.15, -0.1) is 0 Å². The van der Waals surface area contributed by atoms with Crippen molar-refractivity contribution in [1.82, 2.24) is 9.62 Å². The summed E-state index contributed by atoms with van der Waals surface area (Å²) in [5.74, 6) is -0.526. The minimum absolute atomic E-state index is 0.0663. The highest BCUT2D eigenvalue weighted by molar-refractivity contribution is 7.89. The lowest BCUT2D eigenvalue weighted by atomic mass is 10.2. The summed E-state index contributed by atoms with van der Waals surface area (Å²) in [4.78, 5) is 0.0663. The Morgan fingerprint density at radius 2 is 2.17 bits per heavy atom. The molecule has 1 aliphatic heterocycles. The second-order valence-electron chi connectivity index (χ2n) is 4.63. The first-order chi connectivity index (χ1) is 8.41. The zero-order chi connectivity index (χ0) is 13.3. The number of piperazine rings is 1. The van der Waals surface area contributed by atoms with E-state index in [1.165, 1.54) is 16.4 Å². The van der Waals surface area contributed by atoms with Crippen LogP contribution in [0, 0.1) is 12.7 Å². The molecule has 6 heteroatoms. The van der Waals surface area contributed by atoms with Crippen molar-refractivity contribution in [2.24, 2.45) is 0 Å². The third-order valence-corrected chi connectivity index (χ3v) is 5.11. The first-order valence-corrected chi connectivity index (χ1v) is 7.35. The van der Waals surface area contributed by atoms with Crippen LogP contribution in [0.3, 0.4) is 0 Å². The number of sulfonamides is 1. The van der Waals surface area contributed by atoms with Crippen molar-refractivity contribution in [3.8, 4) is 0 Å². The fraction of sp³-hybridized carbons (Fsp3) is 0.500. The van der Waals surface area contributed by atoms with Gasteiger partial charge in [-0.1, -0.05) is 6.07 Å². The summed E-state index contributed by atoms with van der Waals surface area (Å²) >= 11 is 0. The van der Waals surface area contributed by atoms with Crippen LogP contribution in [0.4, 0.5) is 4.39 Å². The van der Waals surface area contributed by atoms with E-state index in [0.29, 0.717) is 25.2 Å². The Balaban J connectivity index is 2.38. The average molecular weight is 272 g/mol. The zero-order valence-corrected chi connectivity index (χ0v) is 11.3. The van der Waals surface area contributed by atoms with E-state index in [0.717, 1.165) is 6.07 Å². The zero-order valence-electron chi connectivity index (χ0n) is 10.5. The van der Waals surface area contributed by atoms with E-state index < -0.39 is 15.8 Å². The molecule has 1 N–H and O–H groups in total. The number of benzene rings is 1. The molecule has 18 heavy (non-hydrogen) atoms. The molecular weight excluding hydrogens is 255 g/mol. The van der Waals surface area contributed by atoms with Gasteiger partial charge in [0.1, 0.15) is 5.82 Å². The second kappa shape index (κ2) is 4.95. The van der Waals surface area contributed by atoms with E-state index in [2.05, 4.69) is 5.32 Å². The van der Waals surface area contributed by atoms with Gasteiger partial charge in [0.05, 0.1) is 4.90 Å². The maximum absolute atomic E-state index is 13.2. The van der Waals surface area contributed by atoms with Gasteiger partial charge < -0.3 is 5.32 Å². The minimum Gasteiger partial charge on any atom is -0.312 e. The van der Waals surface area contributed by atoms with Gasteiger partial charge in [-0.05, 0) is 31.5 Å². The van der Waals surface area contributed by atoms with Crippen LogP contribution in [0.15, 0.2) is 23.1 Å². The lowest BCUT2D eigenvalue weighted by Crippen LogP contribution is -2.51. The average Bonchev–Trinajstić information content (AvgIpc) is 2.32. The monoisotopic (exact) mass is 272 g/mol. The van der Waals surface area contributed by atoms with Crippen molar-refractivity contribution in [3.63, 3.8) is 0 Å². The topological polar surface area (TPSA) is 49.4 Å². The molecular formula is C12H17FN2O2S. The molecule has 2 rings (SSSR count). The van der Waals surface area contributed by atoms with Crippen LogP contribution >= 0.6 is 0 Å². The normalized spacial score (nSPS) is 22.1. The van der Waals surface area contributed by atoms with Gasteiger partial charge in [-0.25, -0.2) is 12.8 Å². The molecule has 1 atom stereocenters. The number of nitrogens with zero attached hydrogens (tertiary/aromatic N) is 1. The summed E-state index contributed by atoms with van der Waals surface area (Å²) in [6.07, 6.45) is 0. The molecule has 0 radical (unpaired) electrons. The predicted octanol–water partition coefficient (Wildman–Crippen LogP) is 1.12. The maximum Gasteiger partial charge on any atom is 0.243 e. The molecule has 1 saturated heterocycles. The Bertz CT molecular complexity index is 545. The van der Waals surface area contributed by atoms with Gasteiger partial charge in [0, 0.05) is 25.7 Å². The molecule has 1 aromatic carbocycles. The molecule has 1 fully saturated rings. The van der Waals surface area contributed by atoms with Gasteiger partial charge >= 0.3 is 0 Å². The molecule has 0 amide bonds. The summed E-state index contributed by atoms with van der Waals surface area (Å²) < 4.78 is 39.5. The van der Waals surface area contributed by atoms with Gasteiger partial charge in [0.15, 0.2) is 0 Å². The number of rotatable bonds is 2. The Morgan fingerprint density at radius 3 is 2.83 bits per heavy atom. The Kier molecular flexibility index (Phi) is 3.70. The second-order valence-corrected chi connectivity index (χ2v) is 6.53. The first kappa shape index (κ1) is 13.5. The quantitative estimate of drug-likeness (QED) is 0.877. The fourth-order valence-electron chi connectivity index (χ4n) is 2.11. The summed E-state index contributed by atoms with van der Waals surface area (Å²) in [7, 11) is -3.59. The lowest BCUT2D eigenvalue weighted by molar-refractivity contribution is 0.310. The van der Waals surface area contributed by atoms with Crippen molar-refractivity contribution in [2.45, 2.75) is 24.8 Å². The van der Waals surface area contributed by atoms with Gasteiger partial charge in [0.25, 0.3) is 0 Å². The van der Waals surface area contributed by atoms with Crippen LogP contribution < -0.4 is 5.32 Å². The molecule has 100 valence electrons. The number of halogens is 1. The Labute approximate surface area is 107 Å². The van der Waals surface area contributed by atoms with Crippen molar-refractivity contribution < 1.29 is 12.8 Å². The highest BCUT2D eigenvalue weighted by Gasteiger charge is 2.29. The van der Waals surface area contributed by atoms with E-state index in [1.807, 2.05) is 6.92 Å². The fourth-order valence-corrected chi connectivity index (χ4v) is 3.87. The molecule has 1 unspecified atom stereocenters. The predicted molar refractivity (Wildman–Crippen MR) is 67.4 cm³/mol. The molecule has 0 aromatic heterocycles. The van der Waals surface area contributed by atoms with Crippen LogP contribution in [-0.4, -0.2) is 38.4 Å². The SMILES string of the molecule is Cc1ccc(F)cc1S(=O)(=O)N1CCNC(C)C1. The standard InChI is InChI=1S/C12H17FN2O2S/c1-9-3-4-11(13)7-12(9)18(16,17)15-6-5-14-10(2)8-15/h3-4,7,10,14H,5-6,8H2,1-2H3. The van der Waals surface area contributed by atoms with Gasteiger partial charge in [0.2, 0.25) is 10.0 Å². The van der Waals surface area contributed by atoms with Gasteiger partial charge in [-0.3, -0.25) is 0 Å². The summed E-state index contributed by atoms with van der Waals surface area (Å²) in [5, 5.41) is 3.18. The Morgan fingerprint density at radius 1 is 1.44 bits per heavy atom. The van der Waals surface area contributed by atoms with Crippen molar-refractivity contribution in [1.29, 1.82) is 0 Å². The van der Waals surface area contributed by atoms with Crippen molar-refractivity contribution >= 4 is 10.0 Å². The first-order valence-electron chi connectivity index (χ1n) is 5.91. The van der Waals surface area contributed by atoms with E-state index in [4.69, 9.17) is 0 Å². The maximum atomic E-state index is 13.2. The van der Waals surface area contributed by atoms with E-state index in [9.17, 15) is 12.8 Å². The number of aryl methyl sites for hydroxylation is 1. The van der Waals surface area contributed by atoms with E-state index in [1.54, 1.807) is 6.92 Å². The number of nitrogens with one attached hydrogen (secondary N) is 1. The largest absolute Gasteiger partial charge is 0.312 e. The summed E-state index contributed by atoms with van der Waals surface area (Å²) in [5.41, 5.74) is 0.572. The summed E-state index contributed by atoms with van der Waals surface area (Å²) in [6.45, 7) is 5.06. The molecule has 0 aliphatic carbocycles. The van der Waals surface area contributed by atoms with Gasteiger partial charge in [-0.2, -0.15) is 4.31 Å². The van der Waals surface area contributed by atoms with Crippen LogP contribution in [0.2, 0.25) is 0 Å². The smallest absolute Gasteiger partial charge is 0.243 e. The van der Waals surface area contributed by atoms with E-state index in [-0.39, 0.29) is 10.9 Å². The highest BCUT2D eigenvalue weighted by Crippen LogP contribution is 2.21. The molecule has 1 heterocycles. The third kappa shape index (κ3) is 2.55.